The van der Waals surface area contributed by atoms with Crippen molar-refractivity contribution in [1.29, 1.82) is 0 Å². The Morgan fingerprint density at radius 1 is 1.04 bits per heavy atom. The summed E-state index contributed by atoms with van der Waals surface area (Å²) in [6, 6.07) is 16.4. The molecule has 1 aromatic heterocycles. The van der Waals surface area contributed by atoms with Crippen LogP contribution in [0.25, 0.3) is 10.9 Å². The fourth-order valence-corrected chi connectivity index (χ4v) is 4.22. The van der Waals surface area contributed by atoms with Crippen molar-refractivity contribution in [2.45, 2.75) is 13.5 Å². The van der Waals surface area contributed by atoms with Gasteiger partial charge >= 0.3 is 0 Å². The number of hydrogen-bond acceptors (Lipinski definition) is 3. The molecule has 5 heteroatoms. The van der Waals surface area contributed by atoms with Crippen LogP contribution < -0.4 is 0 Å². The molecule has 0 N–H and O–H groups in total. The second-order valence-corrected chi connectivity index (χ2v) is 8.08. The molecule has 0 atom stereocenters. The first kappa shape index (κ1) is 18.4. The molecule has 2 heterocycles. The Morgan fingerprint density at radius 2 is 1.78 bits per heavy atom. The van der Waals surface area contributed by atoms with Crippen molar-refractivity contribution in [3.63, 3.8) is 0 Å². The minimum absolute atomic E-state index is 0.148. The molecule has 3 aromatic rings. The standard InChI is InChI=1S/C22H22IN3O/c1-16-5-2-9-19(20(16)23)22(27)26-13-11-25(12-14-26)15-18-7-3-6-17-8-4-10-24-21(17)18/h2-10H,11-15H2,1H3. The van der Waals surface area contributed by atoms with Crippen LogP contribution in [0.4, 0.5) is 0 Å². The maximum absolute atomic E-state index is 12.9. The van der Waals surface area contributed by atoms with E-state index in [0.717, 1.165) is 52.9 Å². The predicted molar refractivity (Wildman–Crippen MR) is 117 cm³/mol. The van der Waals surface area contributed by atoms with Gasteiger partial charge in [-0.2, -0.15) is 0 Å². The average molecular weight is 471 g/mol. The topological polar surface area (TPSA) is 36.4 Å². The van der Waals surface area contributed by atoms with Crippen molar-refractivity contribution in [1.82, 2.24) is 14.8 Å². The lowest BCUT2D eigenvalue weighted by molar-refractivity contribution is 0.0627. The highest BCUT2D eigenvalue weighted by molar-refractivity contribution is 14.1. The van der Waals surface area contributed by atoms with Crippen LogP contribution in [-0.4, -0.2) is 46.9 Å². The number of rotatable bonds is 3. The number of amides is 1. The molecule has 0 radical (unpaired) electrons. The number of benzene rings is 2. The molecule has 0 unspecified atom stereocenters. The first-order chi connectivity index (χ1) is 13.1. The summed E-state index contributed by atoms with van der Waals surface area (Å²) < 4.78 is 1.06. The second-order valence-electron chi connectivity index (χ2n) is 7.00. The smallest absolute Gasteiger partial charge is 0.255 e. The second kappa shape index (κ2) is 7.94. The van der Waals surface area contributed by atoms with Crippen LogP contribution in [0.1, 0.15) is 21.5 Å². The minimum atomic E-state index is 0.148. The average Bonchev–Trinajstić information content (AvgIpc) is 2.70. The van der Waals surface area contributed by atoms with Gasteiger partial charge in [-0.3, -0.25) is 14.7 Å². The molecule has 0 spiro atoms. The van der Waals surface area contributed by atoms with Gasteiger partial charge in [0.05, 0.1) is 11.1 Å². The molecule has 0 aliphatic carbocycles. The number of carbonyl (C=O) groups is 1. The number of hydrogen-bond donors (Lipinski definition) is 0. The van der Waals surface area contributed by atoms with E-state index in [-0.39, 0.29) is 5.91 Å². The van der Waals surface area contributed by atoms with Crippen LogP contribution in [-0.2, 0) is 6.54 Å². The van der Waals surface area contributed by atoms with Gasteiger partial charge in [0.2, 0.25) is 0 Å². The van der Waals surface area contributed by atoms with Crippen molar-refractivity contribution in [2.75, 3.05) is 26.2 Å². The lowest BCUT2D eigenvalue weighted by Gasteiger charge is -2.35. The third-order valence-electron chi connectivity index (χ3n) is 5.19. The van der Waals surface area contributed by atoms with E-state index in [4.69, 9.17) is 0 Å². The third kappa shape index (κ3) is 3.84. The Labute approximate surface area is 173 Å². The normalized spacial score (nSPS) is 15.3. The van der Waals surface area contributed by atoms with Crippen LogP contribution >= 0.6 is 22.6 Å². The lowest BCUT2D eigenvalue weighted by atomic mass is 10.1. The fourth-order valence-electron chi connectivity index (χ4n) is 3.63. The van der Waals surface area contributed by atoms with Gasteiger partial charge in [0.1, 0.15) is 0 Å². The van der Waals surface area contributed by atoms with Gasteiger partial charge < -0.3 is 4.90 Å². The Hall–Kier alpha value is -1.99. The number of aryl methyl sites for hydroxylation is 1. The van der Waals surface area contributed by atoms with E-state index in [1.807, 2.05) is 29.3 Å². The molecule has 1 amide bonds. The number of para-hydroxylation sites is 1. The highest BCUT2D eigenvalue weighted by Gasteiger charge is 2.24. The molecule has 1 saturated heterocycles. The molecule has 4 rings (SSSR count). The van der Waals surface area contributed by atoms with E-state index in [1.165, 1.54) is 10.9 Å². The van der Waals surface area contributed by atoms with Gasteiger partial charge in [-0.15, -0.1) is 0 Å². The third-order valence-corrected chi connectivity index (χ3v) is 6.62. The van der Waals surface area contributed by atoms with E-state index in [2.05, 4.69) is 69.7 Å². The van der Waals surface area contributed by atoms with Crippen molar-refractivity contribution in [3.8, 4) is 0 Å². The van der Waals surface area contributed by atoms with Crippen LogP contribution in [0, 0.1) is 10.5 Å². The van der Waals surface area contributed by atoms with Gasteiger partial charge in [-0.1, -0.05) is 36.4 Å². The number of fused-ring (bicyclic) bond motifs is 1. The Morgan fingerprint density at radius 3 is 2.59 bits per heavy atom. The van der Waals surface area contributed by atoms with E-state index in [1.54, 1.807) is 0 Å². The van der Waals surface area contributed by atoms with E-state index < -0.39 is 0 Å². The summed E-state index contributed by atoms with van der Waals surface area (Å²) in [4.78, 5) is 21.9. The maximum atomic E-state index is 12.9. The zero-order valence-electron chi connectivity index (χ0n) is 15.4. The monoisotopic (exact) mass is 471 g/mol. The van der Waals surface area contributed by atoms with Crippen molar-refractivity contribution >= 4 is 39.4 Å². The van der Waals surface area contributed by atoms with Crippen LogP contribution in [0.15, 0.2) is 54.7 Å². The summed E-state index contributed by atoms with van der Waals surface area (Å²) in [5.74, 6) is 0.148. The number of nitrogens with zero attached hydrogens (tertiary/aromatic N) is 3. The predicted octanol–water partition coefficient (Wildman–Crippen LogP) is 4.11. The van der Waals surface area contributed by atoms with Crippen molar-refractivity contribution in [2.24, 2.45) is 0 Å². The largest absolute Gasteiger partial charge is 0.336 e. The summed E-state index contributed by atoms with van der Waals surface area (Å²) in [6.45, 7) is 6.23. The number of halogens is 1. The zero-order chi connectivity index (χ0) is 18.8. The number of aromatic nitrogens is 1. The number of carbonyl (C=O) groups excluding carboxylic acids is 1. The Balaban J connectivity index is 1.43. The summed E-state index contributed by atoms with van der Waals surface area (Å²) in [7, 11) is 0. The number of piperazine rings is 1. The van der Waals surface area contributed by atoms with E-state index in [0.29, 0.717) is 0 Å². The maximum Gasteiger partial charge on any atom is 0.255 e. The molecule has 4 nitrogen and oxygen atoms in total. The number of pyridine rings is 1. The molecule has 1 aliphatic rings. The van der Waals surface area contributed by atoms with E-state index in [9.17, 15) is 4.79 Å². The van der Waals surface area contributed by atoms with Crippen molar-refractivity contribution in [3.05, 3.63) is 75.0 Å². The highest BCUT2D eigenvalue weighted by atomic mass is 127. The molecule has 27 heavy (non-hydrogen) atoms. The molecule has 138 valence electrons. The first-order valence-electron chi connectivity index (χ1n) is 9.23. The molecule has 2 aromatic carbocycles. The molecule has 0 saturated carbocycles. The minimum Gasteiger partial charge on any atom is -0.336 e. The van der Waals surface area contributed by atoms with Gasteiger partial charge in [0.15, 0.2) is 0 Å². The van der Waals surface area contributed by atoms with Crippen molar-refractivity contribution < 1.29 is 4.79 Å². The van der Waals surface area contributed by atoms with Gasteiger partial charge in [-0.25, -0.2) is 0 Å². The molecule has 1 fully saturated rings. The highest BCUT2D eigenvalue weighted by Crippen LogP contribution is 2.21. The molecule has 0 bridgehead atoms. The molecular weight excluding hydrogens is 449 g/mol. The Kier molecular flexibility index (Phi) is 5.41. The molecule has 1 aliphatic heterocycles. The summed E-state index contributed by atoms with van der Waals surface area (Å²) in [5.41, 5.74) is 4.31. The van der Waals surface area contributed by atoms with Crippen LogP contribution in [0.2, 0.25) is 0 Å². The SMILES string of the molecule is Cc1cccc(C(=O)N2CCN(Cc3cccc4cccnc34)CC2)c1I. The van der Waals surface area contributed by atoms with E-state index >= 15 is 0 Å². The summed E-state index contributed by atoms with van der Waals surface area (Å²) in [6.07, 6.45) is 1.85. The van der Waals surface area contributed by atoms with Gasteiger partial charge in [-0.05, 0) is 52.8 Å². The summed E-state index contributed by atoms with van der Waals surface area (Å²) in [5, 5.41) is 1.18. The van der Waals surface area contributed by atoms with Gasteiger partial charge in [0, 0.05) is 47.9 Å². The Bertz CT molecular complexity index is 975. The zero-order valence-corrected chi connectivity index (χ0v) is 17.5. The lowest BCUT2D eigenvalue weighted by Crippen LogP contribution is -2.48. The van der Waals surface area contributed by atoms with Gasteiger partial charge in [0.25, 0.3) is 5.91 Å². The first-order valence-corrected chi connectivity index (χ1v) is 10.3. The van der Waals surface area contributed by atoms with Crippen LogP contribution in [0.5, 0.6) is 0 Å². The van der Waals surface area contributed by atoms with Crippen LogP contribution in [0.3, 0.4) is 0 Å². The molecular formula is C22H22IN3O. The summed E-state index contributed by atoms with van der Waals surface area (Å²) >= 11 is 2.28. The quantitative estimate of drug-likeness (QED) is 0.540. The fraction of sp³-hybridized carbons (Fsp3) is 0.273.